The van der Waals surface area contributed by atoms with Crippen LogP contribution in [0.4, 0.5) is 0 Å². The van der Waals surface area contributed by atoms with E-state index in [9.17, 15) is 0 Å². The summed E-state index contributed by atoms with van der Waals surface area (Å²) in [7, 11) is 0. The van der Waals surface area contributed by atoms with Crippen molar-refractivity contribution in [2.75, 3.05) is 26.2 Å². The molecule has 1 aromatic rings. The first-order chi connectivity index (χ1) is 10.3. The van der Waals surface area contributed by atoms with Crippen LogP contribution < -0.4 is 5.32 Å². The zero-order valence-corrected chi connectivity index (χ0v) is 14.3. The third kappa shape index (κ3) is 3.67. The second kappa shape index (κ2) is 7.23. The quantitative estimate of drug-likeness (QED) is 0.881. The molecular formula is C17H25BrN2O. The molecule has 2 saturated heterocycles. The highest BCUT2D eigenvalue weighted by Crippen LogP contribution is 2.26. The lowest BCUT2D eigenvalue weighted by Crippen LogP contribution is -2.54. The highest BCUT2D eigenvalue weighted by molar-refractivity contribution is 9.10. The minimum Gasteiger partial charge on any atom is -0.374 e. The van der Waals surface area contributed by atoms with Gasteiger partial charge in [-0.3, -0.25) is 4.90 Å². The van der Waals surface area contributed by atoms with Crippen molar-refractivity contribution in [2.45, 2.75) is 44.4 Å². The molecule has 0 amide bonds. The maximum absolute atomic E-state index is 6.20. The van der Waals surface area contributed by atoms with Gasteiger partial charge in [0.25, 0.3) is 0 Å². The zero-order chi connectivity index (χ0) is 14.7. The first kappa shape index (κ1) is 15.5. The molecule has 0 bridgehead atoms. The van der Waals surface area contributed by atoms with Crippen molar-refractivity contribution in [1.29, 1.82) is 0 Å². The lowest BCUT2D eigenvalue weighted by Gasteiger charge is -2.39. The number of nitrogens with zero attached hydrogens (tertiary/aromatic N) is 1. The maximum atomic E-state index is 6.20. The lowest BCUT2D eigenvalue weighted by molar-refractivity contribution is -0.0642. The summed E-state index contributed by atoms with van der Waals surface area (Å²) in [5, 5.41) is 3.64. The van der Waals surface area contributed by atoms with E-state index in [1.807, 2.05) is 0 Å². The van der Waals surface area contributed by atoms with Crippen LogP contribution >= 0.6 is 15.9 Å². The predicted molar refractivity (Wildman–Crippen MR) is 89.6 cm³/mol. The minimum atomic E-state index is 0.298. The van der Waals surface area contributed by atoms with E-state index in [-0.39, 0.29) is 0 Å². The Hall–Kier alpha value is -0.420. The van der Waals surface area contributed by atoms with Crippen molar-refractivity contribution in [3.05, 3.63) is 34.3 Å². The van der Waals surface area contributed by atoms with Gasteiger partial charge in [-0.1, -0.05) is 41.1 Å². The van der Waals surface area contributed by atoms with Gasteiger partial charge in [-0.25, -0.2) is 0 Å². The Morgan fingerprint density at radius 2 is 2.29 bits per heavy atom. The van der Waals surface area contributed by atoms with Crippen LogP contribution in [-0.4, -0.2) is 49.3 Å². The third-order valence-electron chi connectivity index (χ3n) is 4.73. The van der Waals surface area contributed by atoms with E-state index in [0.29, 0.717) is 18.2 Å². The summed E-state index contributed by atoms with van der Waals surface area (Å²) in [6, 6.07) is 9.57. The monoisotopic (exact) mass is 352 g/mol. The third-order valence-corrected chi connectivity index (χ3v) is 5.50. The molecule has 3 unspecified atom stereocenters. The smallest absolute Gasteiger partial charge is 0.0858 e. The van der Waals surface area contributed by atoms with Crippen LogP contribution in [-0.2, 0) is 11.2 Å². The number of fused-ring (bicyclic) bond motifs is 1. The number of benzene rings is 1. The van der Waals surface area contributed by atoms with E-state index < -0.39 is 0 Å². The Balaban J connectivity index is 1.68. The van der Waals surface area contributed by atoms with Crippen molar-refractivity contribution in [1.82, 2.24) is 10.2 Å². The van der Waals surface area contributed by atoms with Gasteiger partial charge >= 0.3 is 0 Å². The Labute approximate surface area is 136 Å². The second-order valence-electron chi connectivity index (χ2n) is 6.12. The fourth-order valence-corrected chi connectivity index (χ4v) is 4.03. The van der Waals surface area contributed by atoms with Crippen LogP contribution in [0.2, 0.25) is 0 Å². The van der Waals surface area contributed by atoms with E-state index >= 15 is 0 Å². The Kier molecular flexibility index (Phi) is 5.33. The molecule has 0 aliphatic carbocycles. The average Bonchev–Trinajstić information content (AvgIpc) is 2.96. The first-order valence-electron chi connectivity index (χ1n) is 8.10. The fraction of sp³-hybridized carbons (Fsp3) is 0.647. The molecule has 0 aromatic heterocycles. The average molecular weight is 353 g/mol. The number of morpholine rings is 1. The Bertz CT molecular complexity index is 468. The highest BCUT2D eigenvalue weighted by Gasteiger charge is 2.35. The molecule has 0 spiro atoms. The number of hydrogen-bond acceptors (Lipinski definition) is 3. The van der Waals surface area contributed by atoms with Crippen molar-refractivity contribution in [3.63, 3.8) is 0 Å². The molecule has 4 heteroatoms. The SMILES string of the molecule is CCNC(Cc1ccccc1Br)C1CN2CCCC2CO1. The Morgan fingerprint density at radius 3 is 3.10 bits per heavy atom. The van der Waals surface area contributed by atoms with Crippen molar-refractivity contribution < 1.29 is 4.74 Å². The molecule has 3 rings (SSSR count). The summed E-state index contributed by atoms with van der Waals surface area (Å²) in [5.74, 6) is 0. The number of ether oxygens (including phenoxy) is 1. The molecule has 2 aliphatic heterocycles. The summed E-state index contributed by atoms with van der Waals surface area (Å²) in [6.07, 6.45) is 3.95. The van der Waals surface area contributed by atoms with Gasteiger partial charge < -0.3 is 10.1 Å². The number of nitrogens with one attached hydrogen (secondary N) is 1. The lowest BCUT2D eigenvalue weighted by atomic mass is 9.99. The molecule has 1 aromatic carbocycles. The van der Waals surface area contributed by atoms with Crippen LogP contribution in [0.1, 0.15) is 25.3 Å². The molecule has 3 atom stereocenters. The fourth-order valence-electron chi connectivity index (χ4n) is 3.58. The molecular weight excluding hydrogens is 328 g/mol. The van der Waals surface area contributed by atoms with Crippen LogP contribution in [0.25, 0.3) is 0 Å². The second-order valence-corrected chi connectivity index (χ2v) is 6.98. The summed E-state index contributed by atoms with van der Waals surface area (Å²) < 4.78 is 7.40. The molecule has 2 fully saturated rings. The van der Waals surface area contributed by atoms with Gasteiger partial charge in [0, 0.05) is 23.1 Å². The van der Waals surface area contributed by atoms with E-state index in [1.54, 1.807) is 0 Å². The van der Waals surface area contributed by atoms with E-state index in [1.165, 1.54) is 29.4 Å². The predicted octanol–water partition coefficient (Wildman–Crippen LogP) is 2.83. The number of rotatable bonds is 5. The van der Waals surface area contributed by atoms with E-state index in [2.05, 4.69) is 57.3 Å². The van der Waals surface area contributed by atoms with E-state index in [4.69, 9.17) is 4.74 Å². The summed E-state index contributed by atoms with van der Waals surface area (Å²) >= 11 is 3.67. The highest BCUT2D eigenvalue weighted by atomic mass is 79.9. The molecule has 0 radical (unpaired) electrons. The molecule has 3 nitrogen and oxygen atoms in total. The van der Waals surface area contributed by atoms with Crippen LogP contribution in [0, 0.1) is 0 Å². The topological polar surface area (TPSA) is 24.5 Å². The van der Waals surface area contributed by atoms with Gasteiger partial charge in [-0.15, -0.1) is 0 Å². The number of likely N-dealkylation sites (N-methyl/N-ethyl adjacent to an activating group) is 1. The molecule has 2 heterocycles. The summed E-state index contributed by atoms with van der Waals surface area (Å²) in [6.45, 7) is 6.39. The summed E-state index contributed by atoms with van der Waals surface area (Å²) in [5.41, 5.74) is 1.36. The van der Waals surface area contributed by atoms with Crippen molar-refractivity contribution in [2.24, 2.45) is 0 Å². The van der Waals surface area contributed by atoms with Crippen LogP contribution in [0.15, 0.2) is 28.7 Å². The number of hydrogen-bond donors (Lipinski definition) is 1. The van der Waals surface area contributed by atoms with Gasteiger partial charge in [0.05, 0.1) is 12.7 Å². The Morgan fingerprint density at radius 1 is 1.43 bits per heavy atom. The zero-order valence-electron chi connectivity index (χ0n) is 12.7. The van der Waals surface area contributed by atoms with E-state index in [0.717, 1.165) is 26.1 Å². The number of halogens is 1. The van der Waals surface area contributed by atoms with Crippen molar-refractivity contribution >= 4 is 15.9 Å². The molecule has 2 aliphatic rings. The molecule has 0 saturated carbocycles. The van der Waals surface area contributed by atoms with Gasteiger partial charge in [-0.05, 0) is 44.0 Å². The normalized spacial score (nSPS) is 27.5. The molecule has 1 N–H and O–H groups in total. The van der Waals surface area contributed by atoms with Crippen LogP contribution in [0.5, 0.6) is 0 Å². The molecule has 21 heavy (non-hydrogen) atoms. The van der Waals surface area contributed by atoms with Crippen LogP contribution in [0.3, 0.4) is 0 Å². The van der Waals surface area contributed by atoms with Gasteiger partial charge in [0.2, 0.25) is 0 Å². The largest absolute Gasteiger partial charge is 0.374 e. The standard InChI is InChI=1S/C17H25BrN2O/c1-2-19-16(10-13-6-3-4-8-15(13)18)17-11-20-9-5-7-14(20)12-21-17/h3-4,6,8,14,16-17,19H,2,5,7,9-12H2,1H3. The maximum Gasteiger partial charge on any atom is 0.0858 e. The van der Waals surface area contributed by atoms with Gasteiger partial charge in [-0.2, -0.15) is 0 Å². The van der Waals surface area contributed by atoms with Crippen molar-refractivity contribution in [3.8, 4) is 0 Å². The van der Waals surface area contributed by atoms with Gasteiger partial charge in [0.1, 0.15) is 0 Å². The first-order valence-corrected chi connectivity index (χ1v) is 8.89. The minimum absolute atomic E-state index is 0.298. The molecule has 116 valence electrons. The van der Waals surface area contributed by atoms with Gasteiger partial charge in [0.15, 0.2) is 0 Å². The summed E-state index contributed by atoms with van der Waals surface area (Å²) in [4.78, 5) is 2.62.